The molecule has 4 rings (SSSR count). The van der Waals surface area contributed by atoms with E-state index in [9.17, 15) is 23.1 Å². The number of nitrogens with zero attached hydrogens (tertiary/aromatic N) is 4. The van der Waals surface area contributed by atoms with E-state index in [0.29, 0.717) is 20.2 Å². The van der Waals surface area contributed by atoms with Crippen LogP contribution in [0.2, 0.25) is 0 Å². The first kappa shape index (κ1) is 22.6. The first-order chi connectivity index (χ1) is 15.1. The van der Waals surface area contributed by atoms with E-state index in [1.54, 1.807) is 30.3 Å². The van der Waals surface area contributed by atoms with Crippen molar-refractivity contribution in [2.75, 3.05) is 24.5 Å². The van der Waals surface area contributed by atoms with Crippen LogP contribution in [0.4, 0.5) is 18.9 Å². The summed E-state index contributed by atoms with van der Waals surface area (Å²) in [4.78, 5) is 19.2. The van der Waals surface area contributed by atoms with E-state index in [-0.39, 0.29) is 24.7 Å². The summed E-state index contributed by atoms with van der Waals surface area (Å²) >= 11 is 6.38. The number of piperazine rings is 1. The monoisotopic (exact) mass is 574 g/mol. The quantitative estimate of drug-likeness (QED) is 0.480. The summed E-state index contributed by atoms with van der Waals surface area (Å²) in [6.07, 6.45) is -4.54. The topological polar surface area (TPSA) is 82.7 Å². The third-order valence-corrected chi connectivity index (χ3v) is 6.23. The number of aromatic hydroxyl groups is 1. The highest BCUT2D eigenvalue weighted by Crippen LogP contribution is 2.36. The molecule has 12 heteroatoms. The Balaban J connectivity index is 1.56. The van der Waals surface area contributed by atoms with Crippen LogP contribution >= 0.6 is 31.9 Å². The number of phenols is 1. The molecule has 2 heterocycles. The highest BCUT2D eigenvalue weighted by atomic mass is 79.9. The van der Waals surface area contributed by atoms with Crippen LogP contribution in [0, 0.1) is 0 Å². The highest BCUT2D eigenvalue weighted by Gasteiger charge is 2.48. The van der Waals surface area contributed by atoms with Crippen molar-refractivity contribution in [1.29, 1.82) is 0 Å². The van der Waals surface area contributed by atoms with Gasteiger partial charge in [0.2, 0.25) is 5.82 Å². The van der Waals surface area contributed by atoms with Gasteiger partial charge in [-0.05, 0) is 56.1 Å². The maximum Gasteiger partial charge on any atom is 0.410 e. The van der Waals surface area contributed by atoms with Gasteiger partial charge in [0.25, 0.3) is 0 Å². The second kappa shape index (κ2) is 8.74. The lowest BCUT2D eigenvalue weighted by molar-refractivity contribution is -0.154. The fourth-order valence-corrected chi connectivity index (χ4v) is 4.62. The third-order valence-electron chi connectivity index (χ3n) is 5.02. The number of para-hydroxylation sites is 1. The van der Waals surface area contributed by atoms with Crippen molar-refractivity contribution in [2.24, 2.45) is 0 Å². The van der Waals surface area contributed by atoms with Crippen LogP contribution in [0.3, 0.4) is 0 Å². The van der Waals surface area contributed by atoms with Gasteiger partial charge in [0.15, 0.2) is 0 Å². The third kappa shape index (κ3) is 4.46. The molecule has 0 aliphatic carbocycles. The predicted molar refractivity (Wildman–Crippen MR) is 116 cm³/mol. The lowest BCUT2D eigenvalue weighted by atomic mass is 10.1. The number of hydrogen-bond acceptors (Lipinski definition) is 6. The number of rotatable bonds is 3. The van der Waals surface area contributed by atoms with E-state index in [2.05, 4.69) is 42.0 Å². The second-order valence-electron chi connectivity index (χ2n) is 7.05. The van der Waals surface area contributed by atoms with E-state index in [1.165, 1.54) is 17.0 Å². The molecule has 1 aliphatic heterocycles. The molecule has 0 spiro atoms. The molecule has 3 aromatic rings. The maximum absolute atomic E-state index is 13.8. The van der Waals surface area contributed by atoms with Gasteiger partial charge in [-0.1, -0.05) is 23.4 Å². The molecule has 168 valence electrons. The molecule has 1 amide bonds. The number of carbonyl (C=O) groups excluding carboxylic acids is 1. The fourth-order valence-electron chi connectivity index (χ4n) is 3.43. The largest absolute Gasteiger partial charge is 0.506 e. The van der Waals surface area contributed by atoms with Crippen molar-refractivity contribution in [3.8, 4) is 17.1 Å². The molecule has 7 nitrogen and oxygen atoms in total. The van der Waals surface area contributed by atoms with Gasteiger partial charge in [0.1, 0.15) is 11.8 Å². The van der Waals surface area contributed by atoms with Crippen LogP contribution in [0.25, 0.3) is 11.4 Å². The number of anilines is 1. The zero-order valence-corrected chi connectivity index (χ0v) is 19.4. The van der Waals surface area contributed by atoms with Crippen molar-refractivity contribution < 1.29 is 27.6 Å². The number of aromatic nitrogens is 2. The molecule has 1 saturated heterocycles. The first-order valence-electron chi connectivity index (χ1n) is 9.35. The zero-order chi connectivity index (χ0) is 23.0. The Morgan fingerprint density at radius 1 is 1.12 bits per heavy atom. The molecule has 1 unspecified atom stereocenters. The summed E-state index contributed by atoms with van der Waals surface area (Å²) in [6.45, 7) is -0.502. The summed E-state index contributed by atoms with van der Waals surface area (Å²) in [7, 11) is 0. The van der Waals surface area contributed by atoms with Gasteiger partial charge in [0.05, 0.1) is 15.5 Å². The van der Waals surface area contributed by atoms with Gasteiger partial charge in [-0.15, -0.1) is 0 Å². The van der Waals surface area contributed by atoms with Gasteiger partial charge in [-0.3, -0.25) is 4.79 Å². The molecule has 0 bridgehead atoms. The average molecular weight is 576 g/mol. The van der Waals surface area contributed by atoms with Crippen LogP contribution in [-0.4, -0.2) is 57.9 Å². The minimum Gasteiger partial charge on any atom is -0.506 e. The summed E-state index contributed by atoms with van der Waals surface area (Å²) in [5.41, 5.74) is 0.872. The second-order valence-corrected chi connectivity index (χ2v) is 8.76. The molecule has 1 atom stereocenters. The first-order valence-corrected chi connectivity index (χ1v) is 10.9. The van der Waals surface area contributed by atoms with Crippen LogP contribution in [-0.2, 0) is 0 Å². The van der Waals surface area contributed by atoms with E-state index in [4.69, 9.17) is 4.52 Å². The lowest BCUT2D eigenvalue weighted by Crippen LogP contribution is -2.60. The molecule has 1 aromatic heterocycles. The van der Waals surface area contributed by atoms with Crippen molar-refractivity contribution >= 4 is 43.5 Å². The van der Waals surface area contributed by atoms with E-state index < -0.39 is 30.6 Å². The van der Waals surface area contributed by atoms with Crippen molar-refractivity contribution in [2.45, 2.75) is 12.2 Å². The van der Waals surface area contributed by atoms with E-state index >= 15 is 0 Å². The number of carbonyl (C=O) groups is 1. The predicted octanol–water partition coefficient (Wildman–Crippen LogP) is 4.86. The average Bonchev–Trinajstić information content (AvgIpc) is 3.26. The van der Waals surface area contributed by atoms with Crippen LogP contribution in [0.15, 0.2) is 55.9 Å². The fraction of sp³-hybridized carbons (Fsp3) is 0.250. The molecule has 1 aliphatic rings. The minimum atomic E-state index is -4.54. The van der Waals surface area contributed by atoms with Crippen molar-refractivity contribution in [1.82, 2.24) is 15.0 Å². The van der Waals surface area contributed by atoms with Gasteiger partial charge >= 0.3 is 18.0 Å². The number of amides is 1. The molecule has 0 radical (unpaired) electrons. The summed E-state index contributed by atoms with van der Waals surface area (Å²) in [5, 5.41) is 13.6. The van der Waals surface area contributed by atoms with E-state index in [0.717, 1.165) is 4.90 Å². The van der Waals surface area contributed by atoms with Crippen LogP contribution in [0.5, 0.6) is 5.75 Å². The standard InChI is InChI=1S/C20H15Br2F3N4O3/c21-13-8-11(9-14(22)16(13)30)17-26-18(32-27-17)19(31)28-6-7-29(12-4-2-1-3-5-12)15(10-28)20(23,24)25/h1-5,8-9,15,30H,6-7,10H2. The molecular formula is C20H15Br2F3N4O3. The molecular weight excluding hydrogens is 561 g/mol. The number of hydrogen-bond donors (Lipinski definition) is 1. The SMILES string of the molecule is O=C(c1nc(-c2cc(Br)c(O)c(Br)c2)no1)N1CCN(c2ccccc2)C(C(F)(F)F)C1. The number of halogens is 5. The van der Waals surface area contributed by atoms with Crippen molar-refractivity contribution in [3.05, 3.63) is 57.3 Å². The normalized spacial score (nSPS) is 17.0. The summed E-state index contributed by atoms with van der Waals surface area (Å²) in [5.74, 6) is -1.15. The smallest absolute Gasteiger partial charge is 0.410 e. The Labute approximate surface area is 197 Å². The summed E-state index contributed by atoms with van der Waals surface area (Å²) in [6, 6.07) is 9.46. The molecule has 1 fully saturated rings. The zero-order valence-electron chi connectivity index (χ0n) is 16.2. The minimum absolute atomic E-state index is 0.00121. The maximum atomic E-state index is 13.8. The highest BCUT2D eigenvalue weighted by molar-refractivity contribution is 9.11. The van der Waals surface area contributed by atoms with Gasteiger partial charge < -0.3 is 19.4 Å². The number of phenolic OH excluding ortho intramolecular Hbond substituents is 1. The number of alkyl halides is 3. The Kier molecular flexibility index (Phi) is 6.17. The molecule has 0 saturated carbocycles. The van der Waals surface area contributed by atoms with Crippen LogP contribution < -0.4 is 4.90 Å². The van der Waals surface area contributed by atoms with Crippen molar-refractivity contribution in [3.63, 3.8) is 0 Å². The number of benzene rings is 2. The Morgan fingerprint density at radius 2 is 1.78 bits per heavy atom. The Morgan fingerprint density at radius 3 is 2.41 bits per heavy atom. The summed E-state index contributed by atoms with van der Waals surface area (Å²) < 4.78 is 47.1. The molecule has 32 heavy (non-hydrogen) atoms. The van der Waals surface area contributed by atoms with Crippen LogP contribution in [0.1, 0.15) is 10.7 Å². The Hall–Kier alpha value is -2.60. The molecule has 2 aromatic carbocycles. The van der Waals surface area contributed by atoms with Gasteiger partial charge in [-0.25, -0.2) is 0 Å². The lowest BCUT2D eigenvalue weighted by Gasteiger charge is -2.42. The molecule has 1 N–H and O–H groups in total. The van der Waals surface area contributed by atoms with Gasteiger partial charge in [-0.2, -0.15) is 18.2 Å². The Bertz CT molecular complexity index is 1120. The van der Waals surface area contributed by atoms with Gasteiger partial charge in [0, 0.05) is 24.3 Å². The van der Waals surface area contributed by atoms with E-state index in [1.807, 2.05) is 0 Å².